The van der Waals surface area contributed by atoms with E-state index in [0.29, 0.717) is 23.2 Å². The van der Waals surface area contributed by atoms with E-state index in [1.54, 1.807) is 0 Å². The normalized spacial score (nSPS) is 36.0. The first-order chi connectivity index (χ1) is 15.6. The molecular formula is C22H27BrFN3O5S. The van der Waals surface area contributed by atoms with Crippen LogP contribution < -0.4 is 11.1 Å². The number of rotatable bonds is 5. The summed E-state index contributed by atoms with van der Waals surface area (Å²) in [6.45, 7) is -0.0987. The highest BCUT2D eigenvalue weighted by molar-refractivity contribution is 9.10. The number of primary amides is 1. The number of hydrogen-bond acceptors (Lipinski definition) is 5. The van der Waals surface area contributed by atoms with Gasteiger partial charge >= 0.3 is 0 Å². The lowest BCUT2D eigenvalue weighted by atomic mass is 9.47. The quantitative estimate of drug-likeness (QED) is 0.586. The number of benzene rings is 1. The number of nitrogens with zero attached hydrogens (tertiary/aromatic N) is 1. The minimum Gasteiger partial charge on any atom is -0.369 e. The van der Waals surface area contributed by atoms with E-state index < -0.39 is 32.3 Å². The Bertz CT molecular complexity index is 1080. The van der Waals surface area contributed by atoms with Gasteiger partial charge in [0.05, 0.1) is 6.61 Å². The fraction of sp³-hybridized carbons (Fsp3) is 0.636. The van der Waals surface area contributed by atoms with Crippen LogP contribution in [-0.4, -0.2) is 56.4 Å². The highest BCUT2D eigenvalue weighted by Crippen LogP contribution is 2.59. The Morgan fingerprint density at radius 1 is 1.21 bits per heavy atom. The number of amides is 2. The SMILES string of the molecule is NC(=O)C12CC3CC(C1)C(NC(=O)C1CN(S(=O)(=O)c4ccc(Br)cc4F)CCO1)C(C3)C2. The van der Waals surface area contributed by atoms with E-state index in [-0.39, 0.29) is 49.4 Å². The maximum Gasteiger partial charge on any atom is 0.250 e. The van der Waals surface area contributed by atoms with Gasteiger partial charge in [0.25, 0.3) is 5.91 Å². The second-order valence-corrected chi connectivity index (χ2v) is 12.8. The van der Waals surface area contributed by atoms with Crippen LogP contribution in [0.3, 0.4) is 0 Å². The third-order valence-electron chi connectivity index (χ3n) is 7.94. The molecule has 1 aliphatic heterocycles. The Balaban J connectivity index is 1.28. The molecule has 1 aromatic carbocycles. The number of nitrogens with one attached hydrogen (secondary N) is 1. The highest BCUT2D eigenvalue weighted by atomic mass is 79.9. The van der Waals surface area contributed by atoms with Crippen molar-refractivity contribution in [3.8, 4) is 0 Å². The number of nitrogens with two attached hydrogens (primary N) is 1. The fourth-order valence-corrected chi connectivity index (χ4v) is 8.45. The van der Waals surface area contributed by atoms with Crippen LogP contribution in [0.4, 0.5) is 4.39 Å². The molecule has 1 saturated heterocycles. The highest BCUT2D eigenvalue weighted by Gasteiger charge is 2.58. The van der Waals surface area contributed by atoms with Crippen LogP contribution in [0.1, 0.15) is 32.1 Å². The summed E-state index contributed by atoms with van der Waals surface area (Å²) in [5.41, 5.74) is 5.29. The molecule has 4 bridgehead atoms. The third-order valence-corrected chi connectivity index (χ3v) is 10.3. The van der Waals surface area contributed by atoms with Crippen molar-refractivity contribution in [3.05, 3.63) is 28.5 Å². The number of ether oxygens (including phenoxy) is 1. The average molecular weight is 544 g/mol. The molecule has 0 spiro atoms. The molecule has 0 radical (unpaired) electrons. The van der Waals surface area contributed by atoms with Gasteiger partial charge in [-0.3, -0.25) is 9.59 Å². The predicted octanol–water partition coefficient (Wildman–Crippen LogP) is 1.77. The maximum atomic E-state index is 14.3. The Labute approximate surface area is 200 Å². The topological polar surface area (TPSA) is 119 Å². The second kappa shape index (κ2) is 8.28. The number of carbonyl (C=O) groups is 2. The molecule has 5 aliphatic rings. The van der Waals surface area contributed by atoms with Crippen LogP contribution in [0.2, 0.25) is 0 Å². The molecule has 5 fully saturated rings. The van der Waals surface area contributed by atoms with Crippen LogP contribution in [0.15, 0.2) is 27.6 Å². The van der Waals surface area contributed by atoms with Crippen molar-refractivity contribution in [1.82, 2.24) is 9.62 Å². The number of sulfonamides is 1. The third kappa shape index (κ3) is 4.00. The first kappa shape index (κ1) is 23.2. The lowest BCUT2D eigenvalue weighted by Crippen LogP contribution is -2.63. The van der Waals surface area contributed by atoms with E-state index in [0.717, 1.165) is 29.6 Å². The van der Waals surface area contributed by atoms with Crippen molar-refractivity contribution in [3.63, 3.8) is 0 Å². The minimum absolute atomic E-state index is 0.0408. The molecule has 180 valence electrons. The summed E-state index contributed by atoms with van der Waals surface area (Å²) in [4.78, 5) is 24.8. The van der Waals surface area contributed by atoms with Gasteiger partial charge in [-0.15, -0.1) is 0 Å². The molecule has 0 aromatic heterocycles. The summed E-state index contributed by atoms with van der Waals surface area (Å²) in [6, 6.07) is 3.71. The number of hydrogen-bond donors (Lipinski definition) is 2. The van der Waals surface area contributed by atoms with E-state index in [1.807, 2.05) is 0 Å². The zero-order chi connectivity index (χ0) is 23.5. The van der Waals surface area contributed by atoms with Gasteiger partial charge in [-0.05, 0) is 68.1 Å². The summed E-state index contributed by atoms with van der Waals surface area (Å²) >= 11 is 3.13. The van der Waals surface area contributed by atoms with Gasteiger partial charge in [0.15, 0.2) is 0 Å². The van der Waals surface area contributed by atoms with Gasteiger partial charge in [-0.2, -0.15) is 4.31 Å². The van der Waals surface area contributed by atoms with Crippen molar-refractivity contribution in [2.75, 3.05) is 19.7 Å². The maximum absolute atomic E-state index is 14.3. The first-order valence-electron chi connectivity index (χ1n) is 11.3. The molecule has 3 unspecified atom stereocenters. The van der Waals surface area contributed by atoms with Crippen molar-refractivity contribution >= 4 is 37.8 Å². The molecule has 8 nitrogen and oxygen atoms in total. The summed E-state index contributed by atoms with van der Waals surface area (Å²) in [5.74, 6) is -0.606. The summed E-state index contributed by atoms with van der Waals surface area (Å²) in [5, 5.41) is 3.10. The van der Waals surface area contributed by atoms with Crippen LogP contribution in [-0.2, 0) is 24.3 Å². The van der Waals surface area contributed by atoms with Gasteiger partial charge in [0, 0.05) is 29.0 Å². The monoisotopic (exact) mass is 543 g/mol. The zero-order valence-corrected chi connectivity index (χ0v) is 20.4. The Morgan fingerprint density at radius 2 is 1.91 bits per heavy atom. The molecule has 1 aromatic rings. The van der Waals surface area contributed by atoms with Crippen LogP contribution in [0.5, 0.6) is 0 Å². The van der Waals surface area contributed by atoms with E-state index in [9.17, 15) is 22.4 Å². The predicted molar refractivity (Wildman–Crippen MR) is 120 cm³/mol. The Hall–Kier alpha value is -1.56. The van der Waals surface area contributed by atoms with Crippen LogP contribution >= 0.6 is 15.9 Å². The largest absolute Gasteiger partial charge is 0.369 e. The molecule has 2 amide bonds. The van der Waals surface area contributed by atoms with Crippen molar-refractivity contribution in [2.24, 2.45) is 28.9 Å². The van der Waals surface area contributed by atoms with Crippen molar-refractivity contribution in [1.29, 1.82) is 0 Å². The van der Waals surface area contributed by atoms with E-state index >= 15 is 0 Å². The number of morpholine rings is 1. The Kier molecular flexibility index (Phi) is 5.82. The lowest BCUT2D eigenvalue weighted by Gasteiger charge is -2.59. The lowest BCUT2D eigenvalue weighted by molar-refractivity contribution is -0.150. The minimum atomic E-state index is -4.12. The van der Waals surface area contributed by atoms with E-state index in [2.05, 4.69) is 21.2 Å². The molecular weight excluding hydrogens is 517 g/mol. The van der Waals surface area contributed by atoms with Gasteiger partial charge in [-0.1, -0.05) is 15.9 Å². The first-order valence-corrected chi connectivity index (χ1v) is 13.5. The van der Waals surface area contributed by atoms with E-state index in [1.165, 1.54) is 12.1 Å². The smallest absolute Gasteiger partial charge is 0.250 e. The summed E-state index contributed by atoms with van der Waals surface area (Å²) in [7, 11) is -4.12. The van der Waals surface area contributed by atoms with Gasteiger partial charge in [-0.25, -0.2) is 12.8 Å². The molecule has 4 saturated carbocycles. The van der Waals surface area contributed by atoms with Crippen molar-refractivity contribution in [2.45, 2.75) is 49.1 Å². The molecule has 11 heteroatoms. The second-order valence-electron chi connectivity index (χ2n) is 9.95. The van der Waals surface area contributed by atoms with Crippen molar-refractivity contribution < 1.29 is 27.1 Å². The molecule has 3 atom stereocenters. The average Bonchev–Trinajstić information content (AvgIpc) is 2.75. The van der Waals surface area contributed by atoms with Crippen LogP contribution in [0.25, 0.3) is 0 Å². The van der Waals surface area contributed by atoms with Gasteiger partial charge in [0.2, 0.25) is 15.9 Å². The van der Waals surface area contributed by atoms with E-state index in [4.69, 9.17) is 10.5 Å². The Morgan fingerprint density at radius 3 is 2.55 bits per heavy atom. The number of halogens is 2. The van der Waals surface area contributed by atoms with Gasteiger partial charge in [0.1, 0.15) is 16.8 Å². The van der Waals surface area contributed by atoms with Gasteiger partial charge < -0.3 is 15.8 Å². The zero-order valence-electron chi connectivity index (χ0n) is 18.0. The molecule has 33 heavy (non-hydrogen) atoms. The molecule has 1 heterocycles. The standard InChI is InChI=1S/C22H27BrFN3O5S/c23-15-1-2-18(16(24)7-15)33(30,31)27-3-4-32-17(11-27)20(28)26-19-13-5-12-6-14(19)10-22(8-12,9-13)21(25)29/h1-2,7,12-14,17,19H,3-6,8-11H2,(H2,25,29)(H,26,28). The van der Waals surface area contributed by atoms with Crippen LogP contribution in [0, 0.1) is 29.0 Å². The summed E-state index contributed by atoms with van der Waals surface area (Å²) in [6.07, 6.45) is 3.18. The molecule has 4 aliphatic carbocycles. The molecule has 3 N–H and O–H groups in total. The summed E-state index contributed by atoms with van der Waals surface area (Å²) < 4.78 is 47.5. The fourth-order valence-electron chi connectivity index (χ4n) is 6.65. The molecule has 6 rings (SSSR count). The number of carbonyl (C=O) groups excluding carboxylic acids is 2.